The predicted molar refractivity (Wildman–Crippen MR) is 123 cm³/mol. The zero-order valence-corrected chi connectivity index (χ0v) is 19.3. The van der Waals surface area contributed by atoms with Gasteiger partial charge in [0.1, 0.15) is 5.75 Å². The van der Waals surface area contributed by atoms with E-state index in [-0.39, 0.29) is 23.6 Å². The average molecular weight is 444 g/mol. The summed E-state index contributed by atoms with van der Waals surface area (Å²) in [4.78, 5) is 41.5. The Kier molecular flexibility index (Phi) is 9.38. The van der Waals surface area contributed by atoms with E-state index in [2.05, 4.69) is 5.32 Å². The van der Waals surface area contributed by atoms with Crippen molar-refractivity contribution >= 4 is 17.7 Å². The minimum absolute atomic E-state index is 0.0296. The van der Waals surface area contributed by atoms with Crippen LogP contribution < -0.4 is 10.1 Å². The monoisotopic (exact) mass is 443 g/mol. The summed E-state index contributed by atoms with van der Waals surface area (Å²) >= 11 is 0. The number of hydrogen-bond acceptors (Lipinski definition) is 4. The average Bonchev–Trinajstić information content (AvgIpc) is 2.88. The first-order chi connectivity index (χ1) is 15.6. The van der Waals surface area contributed by atoms with Gasteiger partial charge in [-0.25, -0.2) is 0 Å². The molecule has 0 saturated carbocycles. The van der Waals surface area contributed by atoms with E-state index in [9.17, 15) is 14.4 Å². The second kappa shape index (κ2) is 12.5. The van der Waals surface area contributed by atoms with Crippen molar-refractivity contribution < 1.29 is 19.1 Å². The van der Waals surface area contributed by atoms with Crippen molar-refractivity contribution in [2.75, 3.05) is 39.8 Å². The third kappa shape index (κ3) is 7.24. The van der Waals surface area contributed by atoms with Crippen LogP contribution in [0.15, 0.2) is 24.3 Å². The highest BCUT2D eigenvalue weighted by Crippen LogP contribution is 2.22. The van der Waals surface area contributed by atoms with Gasteiger partial charge in [-0.3, -0.25) is 14.4 Å². The van der Waals surface area contributed by atoms with E-state index in [1.807, 2.05) is 34.1 Å². The van der Waals surface area contributed by atoms with Crippen LogP contribution in [0.2, 0.25) is 0 Å². The number of hydrogen-bond donors (Lipinski definition) is 1. The van der Waals surface area contributed by atoms with Gasteiger partial charge in [-0.2, -0.15) is 0 Å². The molecule has 2 aliphatic rings. The molecule has 2 heterocycles. The number of carbonyl (C=O) groups is 3. The second-order valence-electron chi connectivity index (χ2n) is 8.84. The van der Waals surface area contributed by atoms with Crippen molar-refractivity contribution in [1.29, 1.82) is 0 Å². The van der Waals surface area contributed by atoms with Crippen LogP contribution in [0.3, 0.4) is 0 Å². The summed E-state index contributed by atoms with van der Waals surface area (Å²) < 4.78 is 5.17. The summed E-state index contributed by atoms with van der Waals surface area (Å²) in [6, 6.07) is 7.81. The van der Waals surface area contributed by atoms with Gasteiger partial charge in [-0.05, 0) is 49.8 Å². The largest absolute Gasteiger partial charge is 0.497 e. The van der Waals surface area contributed by atoms with Crippen LogP contribution >= 0.6 is 0 Å². The highest BCUT2D eigenvalue weighted by molar-refractivity contribution is 5.81. The fourth-order valence-corrected chi connectivity index (χ4v) is 4.50. The molecule has 7 nitrogen and oxygen atoms in total. The summed E-state index contributed by atoms with van der Waals surface area (Å²) in [7, 11) is 1.64. The summed E-state index contributed by atoms with van der Waals surface area (Å²) in [6.45, 7) is 3.22. The summed E-state index contributed by atoms with van der Waals surface area (Å²) in [5.74, 6) is 1.10. The molecule has 2 aliphatic heterocycles. The number of methoxy groups -OCH3 is 1. The first-order valence-electron chi connectivity index (χ1n) is 12.0. The van der Waals surface area contributed by atoms with Gasteiger partial charge in [0.15, 0.2) is 0 Å². The lowest BCUT2D eigenvalue weighted by Gasteiger charge is -2.34. The van der Waals surface area contributed by atoms with Crippen LogP contribution in [0.25, 0.3) is 0 Å². The summed E-state index contributed by atoms with van der Waals surface area (Å²) in [5, 5.41) is 2.94. The van der Waals surface area contributed by atoms with Crippen molar-refractivity contribution in [1.82, 2.24) is 15.1 Å². The fourth-order valence-electron chi connectivity index (χ4n) is 4.50. The Bertz CT molecular complexity index is 757. The highest BCUT2D eigenvalue weighted by Gasteiger charge is 2.30. The van der Waals surface area contributed by atoms with Gasteiger partial charge in [0.25, 0.3) is 0 Å². The molecule has 3 amide bonds. The molecule has 0 spiro atoms. The first-order valence-corrected chi connectivity index (χ1v) is 12.0. The van der Waals surface area contributed by atoms with E-state index in [4.69, 9.17) is 4.74 Å². The van der Waals surface area contributed by atoms with E-state index >= 15 is 0 Å². The normalized spacial score (nSPS) is 19.1. The number of likely N-dealkylation sites (tertiary alicyclic amines) is 1. The SMILES string of the molecule is COc1ccc(CCC(=O)N2CCC(C(=O)N3CCCCCCNC(=O)CC3)CC2)cc1. The van der Waals surface area contributed by atoms with E-state index in [1.165, 1.54) is 0 Å². The van der Waals surface area contributed by atoms with Crippen LogP contribution in [-0.4, -0.2) is 67.4 Å². The van der Waals surface area contributed by atoms with Crippen LogP contribution in [-0.2, 0) is 20.8 Å². The molecule has 1 aromatic carbocycles. The molecule has 7 heteroatoms. The molecule has 176 valence electrons. The van der Waals surface area contributed by atoms with E-state index in [0.717, 1.165) is 50.1 Å². The zero-order chi connectivity index (χ0) is 22.8. The molecule has 1 aromatic rings. The van der Waals surface area contributed by atoms with Crippen LogP contribution in [0, 0.1) is 5.92 Å². The molecule has 0 unspecified atom stereocenters. The van der Waals surface area contributed by atoms with Gasteiger partial charge >= 0.3 is 0 Å². The molecule has 2 saturated heterocycles. The number of rotatable bonds is 5. The Balaban J connectivity index is 1.44. The maximum Gasteiger partial charge on any atom is 0.225 e. The predicted octanol–water partition coefficient (Wildman–Crippen LogP) is 2.78. The molecule has 0 radical (unpaired) electrons. The van der Waals surface area contributed by atoms with Crippen molar-refractivity contribution in [3.05, 3.63) is 29.8 Å². The third-order valence-corrected chi connectivity index (χ3v) is 6.58. The lowest BCUT2D eigenvalue weighted by molar-refractivity contribution is -0.141. The van der Waals surface area contributed by atoms with Gasteiger partial charge < -0.3 is 19.9 Å². The first kappa shape index (κ1) is 24.1. The van der Waals surface area contributed by atoms with E-state index in [1.54, 1.807) is 7.11 Å². The molecule has 3 rings (SSSR count). The van der Waals surface area contributed by atoms with Crippen molar-refractivity contribution in [2.45, 2.75) is 57.8 Å². The Labute approximate surface area is 191 Å². The Morgan fingerprint density at radius 3 is 2.41 bits per heavy atom. The second-order valence-corrected chi connectivity index (χ2v) is 8.84. The van der Waals surface area contributed by atoms with Crippen molar-refractivity contribution in [3.63, 3.8) is 0 Å². The smallest absolute Gasteiger partial charge is 0.225 e. The molecular weight excluding hydrogens is 406 g/mol. The summed E-state index contributed by atoms with van der Waals surface area (Å²) in [5.41, 5.74) is 1.12. The minimum Gasteiger partial charge on any atom is -0.497 e. The van der Waals surface area contributed by atoms with Gasteiger partial charge in [0, 0.05) is 51.5 Å². The number of benzene rings is 1. The third-order valence-electron chi connectivity index (χ3n) is 6.58. The van der Waals surface area contributed by atoms with Crippen LogP contribution in [0.4, 0.5) is 0 Å². The molecule has 2 fully saturated rings. The van der Waals surface area contributed by atoms with E-state index < -0.39 is 0 Å². The maximum absolute atomic E-state index is 13.1. The van der Waals surface area contributed by atoms with Gasteiger partial charge in [-0.15, -0.1) is 0 Å². The number of piperidine rings is 1. The van der Waals surface area contributed by atoms with Gasteiger partial charge in [-0.1, -0.05) is 25.0 Å². The number of aryl methyl sites for hydroxylation is 1. The zero-order valence-electron chi connectivity index (χ0n) is 19.3. The fraction of sp³-hybridized carbons (Fsp3) is 0.640. The number of nitrogens with one attached hydrogen (secondary N) is 1. The molecule has 0 aliphatic carbocycles. The van der Waals surface area contributed by atoms with Gasteiger partial charge in [0.05, 0.1) is 7.11 Å². The molecule has 0 bridgehead atoms. The highest BCUT2D eigenvalue weighted by atomic mass is 16.5. The Hall–Kier alpha value is -2.57. The molecule has 32 heavy (non-hydrogen) atoms. The summed E-state index contributed by atoms with van der Waals surface area (Å²) in [6.07, 6.45) is 7.12. The quantitative estimate of drug-likeness (QED) is 0.759. The lowest BCUT2D eigenvalue weighted by Crippen LogP contribution is -2.45. The maximum atomic E-state index is 13.1. The molecule has 0 atom stereocenters. The van der Waals surface area contributed by atoms with Crippen molar-refractivity contribution in [2.24, 2.45) is 5.92 Å². The minimum atomic E-state index is -0.0474. The molecule has 1 N–H and O–H groups in total. The van der Waals surface area contributed by atoms with Crippen molar-refractivity contribution in [3.8, 4) is 5.75 Å². The molecule has 0 aromatic heterocycles. The van der Waals surface area contributed by atoms with Gasteiger partial charge in [0.2, 0.25) is 17.7 Å². The number of ether oxygens (including phenoxy) is 1. The van der Waals surface area contributed by atoms with Crippen LogP contribution in [0.1, 0.15) is 56.9 Å². The number of nitrogens with zero attached hydrogens (tertiary/aromatic N) is 2. The van der Waals surface area contributed by atoms with Crippen LogP contribution in [0.5, 0.6) is 5.75 Å². The lowest BCUT2D eigenvalue weighted by atomic mass is 9.94. The Morgan fingerprint density at radius 2 is 1.69 bits per heavy atom. The number of carbonyl (C=O) groups excluding carboxylic acids is 3. The standard InChI is InChI=1S/C25H37N3O4/c1-32-22-9-6-20(7-10-22)8-11-24(30)27-17-12-21(13-18-27)25(31)28-16-5-3-2-4-15-26-23(29)14-19-28/h6-7,9-10,21H,2-5,8,11-19H2,1H3,(H,26,29). The Morgan fingerprint density at radius 1 is 0.969 bits per heavy atom. The molecular formula is C25H37N3O4. The number of amides is 3. The topological polar surface area (TPSA) is 79.0 Å². The van der Waals surface area contributed by atoms with E-state index in [0.29, 0.717) is 51.7 Å².